The minimum atomic E-state index is 0.453. The van der Waals surface area contributed by atoms with Crippen molar-refractivity contribution in [1.29, 1.82) is 5.41 Å². The standard InChI is InChI=1S/C18H24N4S/c1-13-8-16(21-10-13)12-20-11-14-4-2-5-15(9-14)22-18(19)17-6-3-7-23-17/h2-7,9,13,16,20-21H,8,10-12H2,1H3,(H2,19,22). The normalized spacial score (nSPS) is 20.6. The van der Waals surface area contributed by atoms with Crippen molar-refractivity contribution in [3.63, 3.8) is 0 Å². The summed E-state index contributed by atoms with van der Waals surface area (Å²) in [5.74, 6) is 1.24. The van der Waals surface area contributed by atoms with Crippen LogP contribution in [0, 0.1) is 11.3 Å². The molecule has 2 aromatic rings. The summed E-state index contributed by atoms with van der Waals surface area (Å²) in [7, 11) is 0. The fraction of sp³-hybridized carbons (Fsp3) is 0.389. The molecule has 2 heterocycles. The van der Waals surface area contributed by atoms with Crippen LogP contribution in [0.25, 0.3) is 0 Å². The topological polar surface area (TPSA) is 59.9 Å². The van der Waals surface area contributed by atoms with Gasteiger partial charge in [-0.1, -0.05) is 25.1 Å². The lowest BCUT2D eigenvalue weighted by molar-refractivity contribution is 0.525. The van der Waals surface area contributed by atoms with E-state index in [0.29, 0.717) is 11.9 Å². The summed E-state index contributed by atoms with van der Waals surface area (Å²) in [5.41, 5.74) is 2.20. The maximum absolute atomic E-state index is 8.10. The molecule has 2 unspecified atom stereocenters. The quantitative estimate of drug-likeness (QED) is 0.486. The van der Waals surface area contributed by atoms with Gasteiger partial charge in [-0.2, -0.15) is 0 Å². The molecule has 0 radical (unpaired) electrons. The number of rotatable bonds is 6. The number of nitrogens with one attached hydrogen (secondary N) is 4. The van der Waals surface area contributed by atoms with Crippen LogP contribution >= 0.6 is 11.3 Å². The monoisotopic (exact) mass is 328 g/mol. The highest BCUT2D eigenvalue weighted by Crippen LogP contribution is 2.15. The predicted molar refractivity (Wildman–Crippen MR) is 98.5 cm³/mol. The van der Waals surface area contributed by atoms with Crippen LogP contribution in [-0.2, 0) is 6.54 Å². The molecule has 0 bridgehead atoms. The third-order valence-corrected chi connectivity index (χ3v) is 5.01. The van der Waals surface area contributed by atoms with Gasteiger partial charge in [0.25, 0.3) is 0 Å². The van der Waals surface area contributed by atoms with Gasteiger partial charge in [0.1, 0.15) is 5.84 Å². The van der Waals surface area contributed by atoms with Crippen LogP contribution in [0.2, 0.25) is 0 Å². The first kappa shape index (κ1) is 16.2. The van der Waals surface area contributed by atoms with Gasteiger partial charge in [-0.15, -0.1) is 11.3 Å². The van der Waals surface area contributed by atoms with Gasteiger partial charge < -0.3 is 16.0 Å². The van der Waals surface area contributed by atoms with Crippen LogP contribution in [0.5, 0.6) is 0 Å². The first-order valence-corrected chi connectivity index (χ1v) is 9.01. The maximum atomic E-state index is 8.10. The van der Waals surface area contributed by atoms with Crippen molar-refractivity contribution < 1.29 is 0 Å². The van der Waals surface area contributed by atoms with Gasteiger partial charge in [-0.05, 0) is 48.0 Å². The number of amidine groups is 1. The molecule has 4 nitrogen and oxygen atoms in total. The Morgan fingerprint density at radius 2 is 2.26 bits per heavy atom. The summed E-state index contributed by atoms with van der Waals surface area (Å²) in [6.45, 7) is 5.29. The molecule has 1 fully saturated rings. The zero-order chi connectivity index (χ0) is 16.1. The van der Waals surface area contributed by atoms with Crippen LogP contribution in [0.4, 0.5) is 5.69 Å². The van der Waals surface area contributed by atoms with Crippen LogP contribution < -0.4 is 16.0 Å². The smallest absolute Gasteiger partial charge is 0.140 e. The van der Waals surface area contributed by atoms with Gasteiger partial charge >= 0.3 is 0 Å². The van der Waals surface area contributed by atoms with E-state index in [0.717, 1.165) is 36.1 Å². The Hall–Kier alpha value is -1.69. The molecule has 0 saturated carbocycles. The van der Waals surface area contributed by atoms with E-state index in [1.54, 1.807) is 11.3 Å². The fourth-order valence-corrected chi connectivity index (χ4v) is 3.58. The van der Waals surface area contributed by atoms with Crippen molar-refractivity contribution in [1.82, 2.24) is 10.6 Å². The lowest BCUT2D eigenvalue weighted by atomic mass is 10.1. The molecule has 1 aliphatic heterocycles. The van der Waals surface area contributed by atoms with E-state index in [9.17, 15) is 0 Å². The third kappa shape index (κ3) is 4.64. The van der Waals surface area contributed by atoms with Crippen LogP contribution in [0.15, 0.2) is 41.8 Å². The Labute approximate surface area is 141 Å². The summed E-state index contributed by atoms with van der Waals surface area (Å²) in [5, 5.41) is 20.3. The van der Waals surface area contributed by atoms with Gasteiger partial charge in [0.05, 0.1) is 4.88 Å². The second-order valence-corrected chi connectivity index (χ2v) is 7.20. The molecule has 0 amide bonds. The zero-order valence-electron chi connectivity index (χ0n) is 13.4. The summed E-state index contributed by atoms with van der Waals surface area (Å²) < 4.78 is 0. The molecule has 2 atom stereocenters. The molecule has 1 saturated heterocycles. The molecular formula is C18H24N4S. The van der Waals surface area contributed by atoms with E-state index >= 15 is 0 Å². The van der Waals surface area contributed by atoms with Gasteiger partial charge in [-0.25, -0.2) is 0 Å². The van der Waals surface area contributed by atoms with E-state index < -0.39 is 0 Å². The zero-order valence-corrected chi connectivity index (χ0v) is 14.2. The Bertz CT molecular complexity index is 638. The SMILES string of the molecule is CC1CNC(CNCc2cccc(NC(=N)c3cccs3)c2)C1. The number of thiophene rings is 1. The molecule has 1 aromatic heterocycles. The lowest BCUT2D eigenvalue weighted by Crippen LogP contribution is -2.33. The summed E-state index contributed by atoms with van der Waals surface area (Å²) in [6, 6.07) is 12.8. The number of hydrogen-bond donors (Lipinski definition) is 4. The van der Waals surface area contributed by atoms with Gasteiger partial charge in [0.15, 0.2) is 0 Å². The lowest BCUT2D eigenvalue weighted by Gasteiger charge is -2.13. The van der Waals surface area contributed by atoms with E-state index in [4.69, 9.17) is 5.41 Å². The first-order chi connectivity index (χ1) is 11.2. The largest absolute Gasteiger partial charge is 0.340 e. The molecule has 1 aliphatic rings. The Balaban J connectivity index is 1.50. The molecule has 0 spiro atoms. The molecule has 23 heavy (non-hydrogen) atoms. The van der Waals surface area contributed by atoms with Crippen molar-refractivity contribution >= 4 is 22.9 Å². The van der Waals surface area contributed by atoms with Crippen molar-refractivity contribution in [2.75, 3.05) is 18.4 Å². The van der Waals surface area contributed by atoms with E-state index in [2.05, 4.69) is 35.0 Å². The average Bonchev–Trinajstić information content (AvgIpc) is 3.19. The van der Waals surface area contributed by atoms with Gasteiger partial charge in [0, 0.05) is 24.8 Å². The van der Waals surface area contributed by atoms with E-state index in [1.165, 1.54) is 12.0 Å². The molecule has 0 aliphatic carbocycles. The van der Waals surface area contributed by atoms with Gasteiger partial charge in [-0.3, -0.25) is 5.41 Å². The molecule has 1 aromatic carbocycles. The van der Waals surface area contributed by atoms with Crippen molar-refractivity contribution in [3.05, 3.63) is 52.2 Å². The molecule has 5 heteroatoms. The number of benzene rings is 1. The van der Waals surface area contributed by atoms with Crippen LogP contribution in [0.3, 0.4) is 0 Å². The Morgan fingerprint density at radius 3 is 3.00 bits per heavy atom. The maximum Gasteiger partial charge on any atom is 0.140 e. The summed E-state index contributed by atoms with van der Waals surface area (Å²) in [4.78, 5) is 0.954. The Morgan fingerprint density at radius 1 is 1.35 bits per heavy atom. The second kappa shape index (κ2) is 7.73. The van der Waals surface area contributed by atoms with Crippen LogP contribution in [0.1, 0.15) is 23.8 Å². The fourth-order valence-electron chi connectivity index (χ4n) is 2.95. The number of anilines is 1. The minimum Gasteiger partial charge on any atom is -0.340 e. The van der Waals surface area contributed by atoms with E-state index in [1.807, 2.05) is 29.6 Å². The van der Waals surface area contributed by atoms with Crippen molar-refractivity contribution in [2.24, 2.45) is 5.92 Å². The molecule has 3 rings (SSSR count). The van der Waals surface area contributed by atoms with Crippen molar-refractivity contribution in [3.8, 4) is 0 Å². The molecular weight excluding hydrogens is 304 g/mol. The summed E-state index contributed by atoms with van der Waals surface area (Å²) in [6.07, 6.45) is 1.26. The molecule has 122 valence electrons. The highest BCUT2D eigenvalue weighted by atomic mass is 32.1. The summed E-state index contributed by atoms with van der Waals surface area (Å²) >= 11 is 1.58. The second-order valence-electron chi connectivity index (χ2n) is 6.25. The van der Waals surface area contributed by atoms with E-state index in [-0.39, 0.29) is 0 Å². The first-order valence-electron chi connectivity index (χ1n) is 8.13. The average molecular weight is 328 g/mol. The highest BCUT2D eigenvalue weighted by molar-refractivity contribution is 7.12. The number of hydrogen-bond acceptors (Lipinski definition) is 4. The Kier molecular flexibility index (Phi) is 5.43. The van der Waals surface area contributed by atoms with Crippen molar-refractivity contribution in [2.45, 2.75) is 25.9 Å². The third-order valence-electron chi connectivity index (χ3n) is 4.13. The van der Waals surface area contributed by atoms with Gasteiger partial charge in [0.2, 0.25) is 0 Å². The predicted octanol–water partition coefficient (Wildman–Crippen LogP) is 3.27. The van der Waals surface area contributed by atoms with Crippen LogP contribution in [-0.4, -0.2) is 25.0 Å². The minimum absolute atomic E-state index is 0.453. The molecule has 4 N–H and O–H groups in total. The highest BCUT2D eigenvalue weighted by Gasteiger charge is 2.19.